The van der Waals surface area contributed by atoms with Crippen molar-refractivity contribution in [3.05, 3.63) is 90.1 Å². The molecule has 2 aromatic heterocycles. The Bertz CT molecular complexity index is 2580. The van der Waals surface area contributed by atoms with E-state index in [0.717, 1.165) is 17.3 Å². The third-order valence-electron chi connectivity index (χ3n) is 11.7. The summed E-state index contributed by atoms with van der Waals surface area (Å²) in [6.45, 7) is 3.09. The van der Waals surface area contributed by atoms with Crippen molar-refractivity contribution in [1.29, 1.82) is 0 Å². The van der Waals surface area contributed by atoms with Gasteiger partial charge in [-0.2, -0.15) is 25.3 Å². The number of aliphatic imine (C=N–C) groups is 1. The van der Waals surface area contributed by atoms with Gasteiger partial charge in [0, 0.05) is 86.2 Å². The number of amides is 9. The van der Waals surface area contributed by atoms with E-state index in [9.17, 15) is 43.2 Å². The molecule has 0 saturated heterocycles. The van der Waals surface area contributed by atoms with Gasteiger partial charge in [0.15, 0.2) is 5.96 Å². The smallest absolute Gasteiger partial charge is 0.243 e. The van der Waals surface area contributed by atoms with Crippen molar-refractivity contribution in [2.24, 2.45) is 22.2 Å². The van der Waals surface area contributed by atoms with E-state index in [1.54, 1.807) is 36.5 Å². The van der Waals surface area contributed by atoms with Crippen LogP contribution < -0.4 is 59.7 Å². The average Bonchev–Trinajstić information content (AvgIpc) is 4.06. The van der Waals surface area contributed by atoms with Crippen molar-refractivity contribution in [2.45, 2.75) is 114 Å². The number of rotatable bonds is 32. The predicted octanol–water partition coefficient (Wildman–Crippen LogP) is -1.57. The Hall–Kier alpha value is -7.61. The average molecular weight is 1080 g/mol. The molecule has 0 saturated carbocycles. The van der Waals surface area contributed by atoms with Crippen LogP contribution in [0.15, 0.2) is 78.3 Å². The van der Waals surface area contributed by atoms with Crippen LogP contribution in [0.3, 0.4) is 0 Å². The predicted molar refractivity (Wildman–Crippen MR) is 288 cm³/mol. The number of nitrogens with two attached hydrogens (primary N) is 3. The second-order valence-corrected chi connectivity index (χ2v) is 18.3. The molecule has 75 heavy (non-hydrogen) atoms. The largest absolute Gasteiger partial charge is 0.370 e. The van der Waals surface area contributed by atoms with Crippen LogP contribution in [0.25, 0.3) is 10.9 Å². The Labute approximate surface area is 445 Å². The maximum Gasteiger partial charge on any atom is 0.243 e. The molecule has 0 aliphatic carbocycles. The van der Waals surface area contributed by atoms with E-state index in [1.807, 2.05) is 31.2 Å². The van der Waals surface area contributed by atoms with E-state index in [-0.39, 0.29) is 69.1 Å². The zero-order valence-electron chi connectivity index (χ0n) is 41.9. The van der Waals surface area contributed by atoms with E-state index in [1.165, 1.54) is 19.4 Å². The van der Waals surface area contributed by atoms with Crippen LogP contribution in [-0.2, 0) is 62.4 Å². The highest BCUT2D eigenvalue weighted by Crippen LogP contribution is 2.20. The second-order valence-electron chi connectivity index (χ2n) is 17.6. The van der Waals surface area contributed by atoms with E-state index < -0.39 is 95.5 Å². The van der Waals surface area contributed by atoms with Gasteiger partial charge in [-0.15, -0.1) is 0 Å². The molecule has 26 heteroatoms. The molecule has 2 heterocycles. The number of nitrogens with zero attached hydrogens (tertiary/aromatic N) is 2. The molecule has 4 aromatic rings. The first kappa shape index (κ1) is 59.9. The van der Waals surface area contributed by atoms with Crippen molar-refractivity contribution in [1.82, 2.24) is 57.5 Å². The number of carbonyl (C=O) groups is 9. The van der Waals surface area contributed by atoms with Crippen molar-refractivity contribution < 1.29 is 43.2 Å². The Balaban J connectivity index is 1.55. The van der Waals surface area contributed by atoms with Crippen LogP contribution in [0.2, 0.25) is 0 Å². The maximum atomic E-state index is 14.6. The summed E-state index contributed by atoms with van der Waals surface area (Å²) in [5.41, 5.74) is 19.1. The molecule has 2 aromatic carbocycles. The summed E-state index contributed by atoms with van der Waals surface area (Å²) in [5.74, 6) is -6.64. The summed E-state index contributed by atoms with van der Waals surface area (Å²) in [7, 11) is 0. The topological polar surface area (TPSA) is 385 Å². The first-order chi connectivity index (χ1) is 35.9. The van der Waals surface area contributed by atoms with Gasteiger partial charge >= 0.3 is 0 Å². The van der Waals surface area contributed by atoms with Gasteiger partial charge < -0.3 is 69.7 Å². The Kier molecular flexibility index (Phi) is 24.9. The minimum absolute atomic E-state index is 0.0466. The Morgan fingerprint density at radius 3 is 1.79 bits per heavy atom. The van der Waals surface area contributed by atoms with E-state index >= 15 is 0 Å². The molecule has 24 nitrogen and oxygen atoms in total. The van der Waals surface area contributed by atoms with Crippen LogP contribution in [0.5, 0.6) is 0 Å². The van der Waals surface area contributed by atoms with E-state index in [2.05, 4.69) is 87.7 Å². The fraction of sp³-hybridized carbons (Fsp3) is 0.449. The molecule has 16 N–H and O–H groups in total. The van der Waals surface area contributed by atoms with Gasteiger partial charge in [-0.1, -0.05) is 68.3 Å². The second kappa shape index (κ2) is 31.2. The summed E-state index contributed by atoms with van der Waals surface area (Å²) in [6, 6.07) is 7.61. The number of guanidine groups is 1. The van der Waals surface area contributed by atoms with Crippen molar-refractivity contribution in [2.75, 3.05) is 24.6 Å². The fourth-order valence-electron chi connectivity index (χ4n) is 7.76. The molecular weight excluding hydrogens is 1010 g/mol. The molecule has 4 rings (SSSR count). The summed E-state index contributed by atoms with van der Waals surface area (Å²) < 4.78 is 0. The van der Waals surface area contributed by atoms with Gasteiger partial charge in [-0.25, -0.2) is 4.98 Å². The summed E-state index contributed by atoms with van der Waals surface area (Å²) in [6.07, 6.45) is 5.92. The SMILES string of the molecule is CCCC[C@H](NC(C)=O)C(=O)N[C@H](CS)C(=O)NCCC(=O)N[C@@H](Cc1cnc[nH]1)C(=O)N[C@H](Cc1ccccc1)C(=O)N[C@@H](CCCN=C(N)N)C(=O)N[C@@H](Cc1c[nH]c2ccccc12)C(=O)N[C@@H](CS)C(N)=O. The molecular formula is C49H69N15O9S2. The number of imidazole rings is 1. The highest BCUT2D eigenvalue weighted by molar-refractivity contribution is 7.80. The summed E-state index contributed by atoms with van der Waals surface area (Å²) in [4.78, 5) is 135. The number of aromatic nitrogens is 3. The quantitative estimate of drug-likeness (QED) is 0.0114. The molecule has 0 spiro atoms. The number of carbonyl (C=O) groups excluding carboxylic acids is 9. The van der Waals surface area contributed by atoms with Crippen molar-refractivity contribution >= 4 is 95.3 Å². The first-order valence-electron chi connectivity index (χ1n) is 24.4. The standard InChI is InChI=1S/C49H69N15O9S2/c1-3-4-14-34(58-28(2)65)44(69)64-40(26-75)43(68)54-19-17-41(66)59-38(22-31-24-53-27-57-31)48(73)61-36(20-29-11-6-5-7-12-29)46(71)60-35(16-10-18-55-49(51)52)45(70)62-37(47(72)63-39(25-74)42(50)67)21-30-23-56-33-15-9-8-13-32(30)33/h5-9,11-13,15,23-24,27,34-40,56,74-75H,3-4,10,14,16-22,25-26H2,1-2H3,(H2,50,67)(H,53,57)(H,54,68)(H,58,65)(H,59,66)(H,60,71)(H,61,73)(H,62,70)(H,63,72)(H,64,69)(H4,51,52,55)/t34-,35-,36+,37-,38-,39-,40+/m0/s1. The van der Waals surface area contributed by atoms with Gasteiger partial charge in [0.05, 0.1) is 6.33 Å². The van der Waals surface area contributed by atoms with Gasteiger partial charge in [0.2, 0.25) is 53.2 Å². The van der Waals surface area contributed by atoms with Gasteiger partial charge in [0.25, 0.3) is 0 Å². The fourth-order valence-corrected chi connectivity index (χ4v) is 8.29. The monoisotopic (exact) mass is 1080 g/mol. The van der Waals surface area contributed by atoms with Gasteiger partial charge in [-0.05, 0) is 36.5 Å². The van der Waals surface area contributed by atoms with Crippen LogP contribution in [0, 0.1) is 0 Å². The highest BCUT2D eigenvalue weighted by atomic mass is 32.1. The lowest BCUT2D eigenvalue weighted by Crippen LogP contribution is -2.60. The third kappa shape index (κ3) is 20.3. The summed E-state index contributed by atoms with van der Waals surface area (Å²) >= 11 is 8.36. The number of fused-ring (bicyclic) bond motifs is 1. The zero-order valence-corrected chi connectivity index (χ0v) is 43.6. The highest BCUT2D eigenvalue weighted by Gasteiger charge is 2.33. The van der Waals surface area contributed by atoms with E-state index in [0.29, 0.717) is 29.7 Å². The van der Waals surface area contributed by atoms with Gasteiger partial charge in [-0.3, -0.25) is 48.1 Å². The van der Waals surface area contributed by atoms with E-state index in [4.69, 9.17) is 17.2 Å². The minimum Gasteiger partial charge on any atom is -0.370 e. The zero-order chi connectivity index (χ0) is 54.9. The van der Waals surface area contributed by atoms with Gasteiger partial charge in [0.1, 0.15) is 42.3 Å². The van der Waals surface area contributed by atoms with Crippen LogP contribution >= 0.6 is 25.3 Å². The molecule has 0 bridgehead atoms. The van der Waals surface area contributed by atoms with Crippen LogP contribution in [0.4, 0.5) is 0 Å². The summed E-state index contributed by atoms with van der Waals surface area (Å²) in [5, 5.41) is 22.0. The number of nitrogens with one attached hydrogen (secondary N) is 10. The number of unbranched alkanes of at least 4 members (excludes halogenated alkanes) is 1. The molecule has 0 aliphatic rings. The lowest BCUT2D eigenvalue weighted by Gasteiger charge is -2.27. The number of para-hydroxylation sites is 1. The number of aromatic amines is 2. The van der Waals surface area contributed by atoms with Crippen LogP contribution in [-0.4, -0.2) is 141 Å². The Morgan fingerprint density at radius 1 is 0.627 bits per heavy atom. The third-order valence-corrected chi connectivity index (χ3v) is 12.4. The molecule has 0 aliphatic heterocycles. The number of benzene rings is 2. The van der Waals surface area contributed by atoms with Crippen molar-refractivity contribution in [3.63, 3.8) is 0 Å². The van der Waals surface area contributed by atoms with Crippen molar-refractivity contribution in [3.8, 4) is 0 Å². The molecule has 406 valence electrons. The Morgan fingerprint density at radius 2 is 1.19 bits per heavy atom. The number of hydrogen-bond acceptors (Lipinski definition) is 13. The first-order valence-corrected chi connectivity index (χ1v) is 25.7. The minimum atomic E-state index is -1.36. The normalized spacial score (nSPS) is 13.8. The molecule has 7 atom stereocenters. The maximum absolute atomic E-state index is 14.6. The molecule has 0 radical (unpaired) electrons. The lowest BCUT2D eigenvalue weighted by atomic mass is 10.0. The molecule has 0 unspecified atom stereocenters. The number of H-pyrrole nitrogens is 2. The number of primary amides is 1. The number of thiol groups is 2. The lowest BCUT2D eigenvalue weighted by molar-refractivity contribution is -0.135. The molecule has 0 fully saturated rings. The van der Waals surface area contributed by atoms with Crippen LogP contribution in [0.1, 0.15) is 69.2 Å². The number of hydrogen-bond donors (Lipinski definition) is 15. The molecule has 9 amide bonds.